The van der Waals surface area contributed by atoms with E-state index in [2.05, 4.69) is 43.4 Å². The van der Waals surface area contributed by atoms with Gasteiger partial charge in [-0.2, -0.15) is 0 Å². The first-order valence-corrected chi connectivity index (χ1v) is 7.72. The summed E-state index contributed by atoms with van der Waals surface area (Å²) in [7, 11) is 2.02. The van der Waals surface area contributed by atoms with E-state index in [1.54, 1.807) is 11.3 Å². The average molecular weight is 270 g/mol. The second-order valence-corrected chi connectivity index (χ2v) is 5.67. The molecule has 0 aliphatic rings. The Kier molecular flexibility index (Phi) is 6.26. The van der Waals surface area contributed by atoms with Crippen LogP contribution in [0.15, 0.2) is 5.38 Å². The van der Waals surface area contributed by atoms with Gasteiger partial charge in [-0.3, -0.25) is 0 Å². The summed E-state index contributed by atoms with van der Waals surface area (Å²) in [6.07, 6.45) is 2.97. The second-order valence-electron chi connectivity index (χ2n) is 4.61. The Bertz CT molecular complexity index is 347. The fraction of sp³-hybridized carbons (Fsp3) is 0.786. The minimum Gasteiger partial charge on any atom is -0.374 e. The van der Waals surface area contributed by atoms with Crippen molar-refractivity contribution in [2.45, 2.75) is 58.6 Å². The molecule has 1 N–H and O–H groups in total. The van der Waals surface area contributed by atoms with Crippen LogP contribution in [0.1, 0.15) is 44.3 Å². The lowest BCUT2D eigenvalue weighted by Crippen LogP contribution is -2.52. The molecule has 104 valence electrons. The topological polar surface area (TPSA) is 34.1 Å². The Hall–Kier alpha value is -0.450. The summed E-state index contributed by atoms with van der Waals surface area (Å²) < 4.78 is 6.07. The van der Waals surface area contributed by atoms with E-state index in [0.29, 0.717) is 6.04 Å². The first-order chi connectivity index (χ1) is 8.61. The highest BCUT2D eigenvalue weighted by atomic mass is 32.1. The maximum Gasteiger partial charge on any atom is 0.0897 e. The van der Waals surface area contributed by atoms with Crippen molar-refractivity contribution in [1.29, 1.82) is 0 Å². The van der Waals surface area contributed by atoms with Crippen LogP contribution in [0.25, 0.3) is 0 Å². The summed E-state index contributed by atoms with van der Waals surface area (Å²) in [5.41, 5.74) is 1.09. The lowest BCUT2D eigenvalue weighted by Gasteiger charge is -2.39. The van der Waals surface area contributed by atoms with Gasteiger partial charge in [0.2, 0.25) is 0 Å². The molecule has 0 radical (unpaired) electrons. The number of nitrogens with one attached hydrogen (secondary N) is 1. The second kappa shape index (κ2) is 7.22. The third-order valence-corrected chi connectivity index (χ3v) is 4.51. The number of ether oxygens (including phenoxy) is 1. The molecule has 1 aromatic heterocycles. The predicted molar refractivity (Wildman–Crippen MR) is 78.3 cm³/mol. The largest absolute Gasteiger partial charge is 0.374 e. The average Bonchev–Trinajstić information content (AvgIpc) is 2.79. The molecule has 1 rings (SSSR count). The van der Waals surface area contributed by atoms with E-state index in [0.717, 1.165) is 30.9 Å². The number of hydrogen-bond acceptors (Lipinski definition) is 4. The van der Waals surface area contributed by atoms with E-state index in [-0.39, 0.29) is 5.60 Å². The Labute approximate surface area is 115 Å². The highest BCUT2D eigenvalue weighted by Crippen LogP contribution is 2.27. The van der Waals surface area contributed by atoms with Crippen LogP contribution in [0, 0.1) is 6.92 Å². The molecular weight excluding hydrogens is 244 g/mol. The molecular formula is C14H26N2OS. The Balaban J connectivity index is 2.84. The molecule has 0 amide bonds. The lowest BCUT2D eigenvalue weighted by molar-refractivity contribution is -0.0705. The smallest absolute Gasteiger partial charge is 0.0897 e. The van der Waals surface area contributed by atoms with Crippen molar-refractivity contribution >= 4 is 11.3 Å². The van der Waals surface area contributed by atoms with Crippen molar-refractivity contribution in [3.8, 4) is 0 Å². The highest BCUT2D eigenvalue weighted by molar-refractivity contribution is 7.09. The van der Waals surface area contributed by atoms with E-state index in [1.807, 2.05) is 7.05 Å². The molecule has 1 atom stereocenters. The van der Waals surface area contributed by atoms with Gasteiger partial charge < -0.3 is 10.1 Å². The van der Waals surface area contributed by atoms with Gasteiger partial charge in [-0.25, -0.2) is 4.98 Å². The Morgan fingerprint density at radius 1 is 1.39 bits per heavy atom. The fourth-order valence-electron chi connectivity index (χ4n) is 2.60. The summed E-state index contributed by atoms with van der Waals surface area (Å²) in [5, 5.41) is 6.72. The van der Waals surface area contributed by atoms with Crippen LogP contribution in [0.5, 0.6) is 0 Å². The molecule has 0 aromatic carbocycles. The molecule has 0 spiro atoms. The van der Waals surface area contributed by atoms with Crippen molar-refractivity contribution < 1.29 is 4.74 Å². The molecule has 0 saturated heterocycles. The van der Waals surface area contributed by atoms with Gasteiger partial charge >= 0.3 is 0 Å². The maximum absolute atomic E-state index is 6.07. The van der Waals surface area contributed by atoms with Gasteiger partial charge in [0, 0.05) is 24.4 Å². The monoisotopic (exact) mass is 270 g/mol. The number of aryl methyl sites for hydroxylation is 1. The number of aromatic nitrogens is 1. The van der Waals surface area contributed by atoms with Gasteiger partial charge in [-0.15, -0.1) is 11.3 Å². The van der Waals surface area contributed by atoms with Crippen LogP contribution in [-0.4, -0.2) is 30.3 Å². The molecule has 0 saturated carbocycles. The van der Waals surface area contributed by atoms with Gasteiger partial charge in [0.1, 0.15) is 0 Å². The predicted octanol–water partition coefficient (Wildman–Crippen LogP) is 3.18. The number of likely N-dealkylation sites (N-methyl/N-ethyl adjacent to an activating group) is 1. The molecule has 0 fully saturated rings. The zero-order valence-corrected chi connectivity index (χ0v) is 13.1. The molecule has 1 heterocycles. The molecule has 1 aromatic rings. The van der Waals surface area contributed by atoms with Gasteiger partial charge in [-0.1, -0.05) is 13.8 Å². The van der Waals surface area contributed by atoms with Crippen LogP contribution < -0.4 is 5.32 Å². The van der Waals surface area contributed by atoms with Crippen LogP contribution >= 0.6 is 11.3 Å². The summed E-state index contributed by atoms with van der Waals surface area (Å²) in [4.78, 5) is 4.56. The normalized spacial score (nSPS) is 13.8. The van der Waals surface area contributed by atoms with Crippen molar-refractivity contribution in [2.24, 2.45) is 0 Å². The zero-order valence-electron chi connectivity index (χ0n) is 12.2. The van der Waals surface area contributed by atoms with Crippen LogP contribution in [0.4, 0.5) is 0 Å². The summed E-state index contributed by atoms with van der Waals surface area (Å²) in [6, 6.07) is 0.314. The number of thiazole rings is 1. The Morgan fingerprint density at radius 3 is 2.44 bits per heavy atom. The van der Waals surface area contributed by atoms with Crippen molar-refractivity contribution in [3.63, 3.8) is 0 Å². The van der Waals surface area contributed by atoms with E-state index in [4.69, 9.17) is 4.74 Å². The van der Waals surface area contributed by atoms with E-state index >= 15 is 0 Å². The minimum atomic E-state index is -0.0823. The fourth-order valence-corrected chi connectivity index (χ4v) is 3.22. The molecule has 0 aliphatic carbocycles. The first kappa shape index (κ1) is 15.6. The SMILES string of the molecule is CCOC(CC)(CC)C(Cc1csc(C)n1)NC. The van der Waals surface area contributed by atoms with Crippen LogP contribution in [0.3, 0.4) is 0 Å². The van der Waals surface area contributed by atoms with Crippen molar-refractivity contribution in [1.82, 2.24) is 10.3 Å². The number of nitrogens with zero attached hydrogens (tertiary/aromatic N) is 1. The van der Waals surface area contributed by atoms with Gasteiger partial charge in [0.05, 0.1) is 16.3 Å². The minimum absolute atomic E-state index is 0.0823. The van der Waals surface area contributed by atoms with E-state index in [9.17, 15) is 0 Å². The van der Waals surface area contributed by atoms with Crippen molar-refractivity contribution in [2.75, 3.05) is 13.7 Å². The quantitative estimate of drug-likeness (QED) is 0.788. The number of hydrogen-bond donors (Lipinski definition) is 1. The highest BCUT2D eigenvalue weighted by Gasteiger charge is 2.35. The molecule has 18 heavy (non-hydrogen) atoms. The van der Waals surface area contributed by atoms with E-state index < -0.39 is 0 Å². The van der Waals surface area contributed by atoms with Gasteiger partial charge in [0.25, 0.3) is 0 Å². The standard InChI is InChI=1S/C14H26N2OS/c1-6-14(7-2,17-8-3)13(15-5)9-12-10-18-11(4)16-12/h10,13,15H,6-9H2,1-5H3. The van der Waals surface area contributed by atoms with Crippen LogP contribution in [0.2, 0.25) is 0 Å². The summed E-state index contributed by atoms with van der Waals surface area (Å²) in [6.45, 7) is 9.29. The molecule has 3 nitrogen and oxygen atoms in total. The Morgan fingerprint density at radius 2 is 2.06 bits per heavy atom. The van der Waals surface area contributed by atoms with Gasteiger partial charge in [-0.05, 0) is 33.7 Å². The summed E-state index contributed by atoms with van der Waals surface area (Å²) >= 11 is 1.72. The van der Waals surface area contributed by atoms with Crippen LogP contribution in [-0.2, 0) is 11.2 Å². The maximum atomic E-state index is 6.07. The third kappa shape index (κ3) is 3.53. The number of rotatable bonds is 8. The molecule has 0 bridgehead atoms. The van der Waals surface area contributed by atoms with E-state index in [1.165, 1.54) is 5.69 Å². The van der Waals surface area contributed by atoms with Gasteiger partial charge in [0.15, 0.2) is 0 Å². The molecule has 1 unspecified atom stereocenters. The lowest BCUT2D eigenvalue weighted by atomic mass is 9.85. The first-order valence-electron chi connectivity index (χ1n) is 6.84. The zero-order chi connectivity index (χ0) is 13.6. The third-order valence-electron chi connectivity index (χ3n) is 3.69. The molecule has 4 heteroatoms. The molecule has 0 aliphatic heterocycles. The summed E-state index contributed by atoms with van der Waals surface area (Å²) in [5.74, 6) is 0. The van der Waals surface area contributed by atoms with Crippen molar-refractivity contribution in [3.05, 3.63) is 16.1 Å².